The molecular formula is C17H20N2O6. The molecule has 1 saturated carbocycles. The molecule has 0 aromatic heterocycles. The molecule has 1 aromatic carbocycles. The summed E-state index contributed by atoms with van der Waals surface area (Å²) in [5.41, 5.74) is -0.161. The number of hydrogen-bond acceptors (Lipinski definition) is 6. The van der Waals surface area contributed by atoms with Crippen LogP contribution in [0.4, 0.5) is 5.69 Å². The summed E-state index contributed by atoms with van der Waals surface area (Å²) in [5.74, 6) is -0.716. The van der Waals surface area contributed by atoms with Gasteiger partial charge >= 0.3 is 5.97 Å². The molecule has 2 fully saturated rings. The molecular weight excluding hydrogens is 328 g/mol. The minimum Gasteiger partial charge on any atom is -0.465 e. The Hall–Kier alpha value is -2.48. The fraction of sp³-hybridized carbons (Fsp3) is 0.529. The number of nitrogens with zero attached hydrogens (tertiary/aromatic N) is 2. The van der Waals surface area contributed by atoms with Gasteiger partial charge in [0.1, 0.15) is 0 Å². The number of esters is 1. The van der Waals surface area contributed by atoms with Gasteiger partial charge in [0.25, 0.3) is 11.6 Å². The largest absolute Gasteiger partial charge is 0.465 e. The summed E-state index contributed by atoms with van der Waals surface area (Å²) < 4.78 is 10.0. The first-order valence-corrected chi connectivity index (χ1v) is 8.26. The Balaban J connectivity index is 1.89. The van der Waals surface area contributed by atoms with Crippen LogP contribution in [0.1, 0.15) is 40.0 Å². The monoisotopic (exact) mass is 348 g/mol. The summed E-state index contributed by atoms with van der Waals surface area (Å²) in [5, 5.41) is 11.1. The standard InChI is InChI=1S/C17H20N2O6/c1-24-17(21)13-6-12(7-15(8-13)19(22)23)16(20)18(14-2-3-14)9-11-4-5-25-10-11/h6-8,11,14H,2-5,9-10H2,1H3/t11-/m1/s1. The second-order valence-electron chi connectivity index (χ2n) is 6.44. The molecule has 8 heteroatoms. The quantitative estimate of drug-likeness (QED) is 0.443. The molecule has 25 heavy (non-hydrogen) atoms. The number of rotatable bonds is 6. The molecule has 0 spiro atoms. The third kappa shape index (κ3) is 3.96. The predicted molar refractivity (Wildman–Crippen MR) is 87.4 cm³/mol. The van der Waals surface area contributed by atoms with Crippen molar-refractivity contribution in [3.63, 3.8) is 0 Å². The Kier molecular flexibility index (Phi) is 4.98. The maximum atomic E-state index is 13.0. The number of carbonyl (C=O) groups is 2. The van der Waals surface area contributed by atoms with Crippen LogP contribution in [-0.4, -0.2) is 54.6 Å². The minimum atomic E-state index is -0.708. The first kappa shape index (κ1) is 17.3. The number of nitro groups is 1. The second kappa shape index (κ2) is 7.18. The lowest BCUT2D eigenvalue weighted by Crippen LogP contribution is -2.37. The number of amides is 1. The van der Waals surface area contributed by atoms with Gasteiger partial charge in [0.05, 0.1) is 24.2 Å². The highest BCUT2D eigenvalue weighted by atomic mass is 16.6. The van der Waals surface area contributed by atoms with Gasteiger partial charge in [-0.25, -0.2) is 4.79 Å². The fourth-order valence-corrected chi connectivity index (χ4v) is 3.03. The Bertz CT molecular complexity index is 694. The van der Waals surface area contributed by atoms with E-state index < -0.39 is 10.9 Å². The minimum absolute atomic E-state index is 0.00000310. The molecule has 1 atom stereocenters. The van der Waals surface area contributed by atoms with Crippen LogP contribution in [0.3, 0.4) is 0 Å². The Morgan fingerprint density at radius 2 is 2.00 bits per heavy atom. The van der Waals surface area contributed by atoms with Crippen molar-refractivity contribution in [2.75, 3.05) is 26.9 Å². The highest BCUT2D eigenvalue weighted by molar-refractivity contribution is 5.99. The molecule has 0 N–H and O–H groups in total. The number of methoxy groups -OCH3 is 1. The van der Waals surface area contributed by atoms with Crippen LogP contribution < -0.4 is 0 Å². The van der Waals surface area contributed by atoms with Gasteiger partial charge in [-0.3, -0.25) is 14.9 Å². The van der Waals surface area contributed by atoms with Gasteiger partial charge in [0.2, 0.25) is 0 Å². The number of ether oxygens (including phenoxy) is 2. The van der Waals surface area contributed by atoms with Crippen LogP contribution in [-0.2, 0) is 9.47 Å². The van der Waals surface area contributed by atoms with Crippen LogP contribution in [0.25, 0.3) is 0 Å². The van der Waals surface area contributed by atoms with Crippen LogP contribution >= 0.6 is 0 Å². The van der Waals surface area contributed by atoms with E-state index in [0.29, 0.717) is 19.8 Å². The summed E-state index contributed by atoms with van der Waals surface area (Å²) in [6.45, 7) is 1.89. The van der Waals surface area contributed by atoms with E-state index in [2.05, 4.69) is 4.74 Å². The molecule has 1 aliphatic carbocycles. The third-order valence-corrected chi connectivity index (χ3v) is 4.52. The van der Waals surface area contributed by atoms with Crippen molar-refractivity contribution in [1.29, 1.82) is 0 Å². The van der Waals surface area contributed by atoms with E-state index in [9.17, 15) is 19.7 Å². The highest BCUT2D eigenvalue weighted by Crippen LogP contribution is 2.31. The summed E-state index contributed by atoms with van der Waals surface area (Å²) in [7, 11) is 1.19. The number of nitro benzene ring substituents is 1. The van der Waals surface area contributed by atoms with Gasteiger partial charge in [-0.2, -0.15) is 0 Å². The summed E-state index contributed by atoms with van der Waals surface area (Å²) in [6, 6.07) is 3.86. The van der Waals surface area contributed by atoms with Crippen molar-refractivity contribution in [3.05, 3.63) is 39.4 Å². The summed E-state index contributed by atoms with van der Waals surface area (Å²) >= 11 is 0. The Morgan fingerprint density at radius 1 is 1.28 bits per heavy atom. The third-order valence-electron chi connectivity index (χ3n) is 4.52. The van der Waals surface area contributed by atoms with Crippen LogP contribution in [0.2, 0.25) is 0 Å². The van der Waals surface area contributed by atoms with Crippen molar-refractivity contribution in [3.8, 4) is 0 Å². The molecule has 1 aliphatic heterocycles. The average molecular weight is 348 g/mol. The zero-order valence-electron chi connectivity index (χ0n) is 14.0. The van der Waals surface area contributed by atoms with Crippen molar-refractivity contribution < 1.29 is 24.0 Å². The van der Waals surface area contributed by atoms with Crippen LogP contribution in [0, 0.1) is 16.0 Å². The van der Waals surface area contributed by atoms with Gasteiger partial charge in [-0.15, -0.1) is 0 Å². The molecule has 0 bridgehead atoms. The first-order chi connectivity index (χ1) is 12.0. The van der Waals surface area contributed by atoms with Gasteiger partial charge in [-0.05, 0) is 25.3 Å². The Morgan fingerprint density at radius 3 is 2.56 bits per heavy atom. The number of non-ortho nitro benzene ring substituents is 1. The van der Waals surface area contributed by atoms with Gasteiger partial charge < -0.3 is 14.4 Å². The predicted octanol–water partition coefficient (Wildman–Crippen LogP) is 2.02. The number of hydrogen-bond donors (Lipinski definition) is 0. The van der Waals surface area contributed by atoms with E-state index in [1.165, 1.54) is 19.2 Å². The molecule has 134 valence electrons. The summed E-state index contributed by atoms with van der Waals surface area (Å²) in [4.78, 5) is 37.0. The maximum absolute atomic E-state index is 13.0. The van der Waals surface area contributed by atoms with E-state index in [1.807, 2.05) is 0 Å². The van der Waals surface area contributed by atoms with Crippen LogP contribution in [0.5, 0.6) is 0 Å². The van der Waals surface area contributed by atoms with E-state index in [4.69, 9.17) is 4.74 Å². The molecule has 2 aliphatic rings. The maximum Gasteiger partial charge on any atom is 0.338 e. The Labute approximate surface area is 144 Å². The van der Waals surface area contributed by atoms with Crippen molar-refractivity contribution in [1.82, 2.24) is 4.90 Å². The molecule has 1 amide bonds. The van der Waals surface area contributed by atoms with Crippen LogP contribution in [0.15, 0.2) is 18.2 Å². The molecule has 0 radical (unpaired) electrons. The normalized spacial score (nSPS) is 19.5. The van der Waals surface area contributed by atoms with E-state index in [0.717, 1.165) is 25.3 Å². The van der Waals surface area contributed by atoms with E-state index in [-0.39, 0.29) is 34.7 Å². The number of benzene rings is 1. The lowest BCUT2D eigenvalue weighted by atomic mass is 10.1. The molecule has 8 nitrogen and oxygen atoms in total. The average Bonchev–Trinajstić information content (AvgIpc) is 3.33. The number of carbonyl (C=O) groups excluding carboxylic acids is 2. The van der Waals surface area contributed by atoms with Gasteiger partial charge in [0, 0.05) is 42.8 Å². The lowest BCUT2D eigenvalue weighted by molar-refractivity contribution is -0.384. The smallest absolute Gasteiger partial charge is 0.338 e. The topological polar surface area (TPSA) is 99.0 Å². The van der Waals surface area contributed by atoms with E-state index >= 15 is 0 Å². The molecule has 0 unspecified atom stereocenters. The van der Waals surface area contributed by atoms with Crippen molar-refractivity contribution in [2.45, 2.75) is 25.3 Å². The summed E-state index contributed by atoms with van der Waals surface area (Å²) in [6.07, 6.45) is 2.76. The first-order valence-electron chi connectivity index (χ1n) is 8.26. The molecule has 1 saturated heterocycles. The molecule has 1 heterocycles. The van der Waals surface area contributed by atoms with Crippen molar-refractivity contribution in [2.24, 2.45) is 5.92 Å². The zero-order chi connectivity index (χ0) is 18.0. The van der Waals surface area contributed by atoms with Gasteiger partial charge in [-0.1, -0.05) is 0 Å². The zero-order valence-corrected chi connectivity index (χ0v) is 14.0. The van der Waals surface area contributed by atoms with Crippen molar-refractivity contribution >= 4 is 17.6 Å². The molecule has 1 aromatic rings. The lowest BCUT2D eigenvalue weighted by Gasteiger charge is -2.25. The van der Waals surface area contributed by atoms with E-state index in [1.54, 1.807) is 4.90 Å². The molecule has 3 rings (SSSR count). The van der Waals surface area contributed by atoms with Gasteiger partial charge in [0.15, 0.2) is 0 Å². The SMILES string of the molecule is COC(=O)c1cc(C(=O)N(C[C@H]2CCOC2)C2CC2)cc([N+](=O)[O-])c1. The highest BCUT2D eigenvalue weighted by Gasteiger charge is 2.36. The second-order valence-corrected chi connectivity index (χ2v) is 6.44. The fourth-order valence-electron chi connectivity index (χ4n) is 3.03.